The highest BCUT2D eigenvalue weighted by Crippen LogP contribution is 2.25. The van der Waals surface area contributed by atoms with Gasteiger partial charge in [0.25, 0.3) is 0 Å². The number of benzene rings is 1. The van der Waals surface area contributed by atoms with Gasteiger partial charge in [0, 0.05) is 31.0 Å². The van der Waals surface area contributed by atoms with Gasteiger partial charge in [0.1, 0.15) is 0 Å². The summed E-state index contributed by atoms with van der Waals surface area (Å²) < 4.78 is 0. The lowest BCUT2D eigenvalue weighted by Gasteiger charge is -2.10. The van der Waals surface area contributed by atoms with E-state index in [1.165, 1.54) is 6.92 Å². The molecule has 104 valence electrons. The van der Waals surface area contributed by atoms with E-state index >= 15 is 0 Å². The van der Waals surface area contributed by atoms with Gasteiger partial charge < -0.3 is 10.6 Å². The van der Waals surface area contributed by atoms with Gasteiger partial charge >= 0.3 is 0 Å². The van der Waals surface area contributed by atoms with E-state index in [2.05, 4.69) is 15.6 Å². The number of hydrogen-bond donors (Lipinski definition) is 2. The van der Waals surface area contributed by atoms with Crippen molar-refractivity contribution in [2.24, 2.45) is 0 Å². The largest absolute Gasteiger partial charge is 0.381 e. The minimum Gasteiger partial charge on any atom is -0.381 e. The number of amides is 1. The van der Waals surface area contributed by atoms with Crippen LogP contribution in [0.5, 0.6) is 0 Å². The zero-order valence-electron chi connectivity index (χ0n) is 11.4. The zero-order chi connectivity index (χ0) is 14.5. The maximum absolute atomic E-state index is 11.0. The van der Waals surface area contributed by atoms with Crippen molar-refractivity contribution in [1.82, 2.24) is 4.98 Å². The molecule has 20 heavy (non-hydrogen) atoms. The van der Waals surface area contributed by atoms with E-state index in [0.717, 1.165) is 16.9 Å². The summed E-state index contributed by atoms with van der Waals surface area (Å²) in [6.45, 7) is 4.08. The summed E-state index contributed by atoms with van der Waals surface area (Å²) >= 11 is 6.11. The third-order valence-corrected chi connectivity index (χ3v) is 3.06. The lowest BCUT2D eigenvalue weighted by molar-refractivity contribution is -0.114. The molecule has 0 unspecified atom stereocenters. The molecule has 1 heterocycles. The van der Waals surface area contributed by atoms with Crippen LogP contribution in [0.15, 0.2) is 36.5 Å². The SMILES string of the molecule is CC(=O)Nc1ccc(NCc2ccc(C)nc2)cc1Cl. The number of anilines is 2. The smallest absolute Gasteiger partial charge is 0.221 e. The third kappa shape index (κ3) is 3.96. The average Bonchev–Trinajstić information content (AvgIpc) is 2.40. The van der Waals surface area contributed by atoms with Crippen molar-refractivity contribution in [1.29, 1.82) is 0 Å². The van der Waals surface area contributed by atoms with Crippen LogP contribution in [0.2, 0.25) is 5.02 Å². The van der Waals surface area contributed by atoms with Gasteiger partial charge in [0.15, 0.2) is 0 Å². The number of aryl methyl sites for hydroxylation is 1. The Bertz CT molecular complexity index is 611. The second-order valence-corrected chi connectivity index (χ2v) is 4.94. The second kappa shape index (κ2) is 6.39. The monoisotopic (exact) mass is 289 g/mol. The molecular formula is C15H16ClN3O. The number of aromatic nitrogens is 1. The predicted molar refractivity (Wildman–Crippen MR) is 82.1 cm³/mol. The van der Waals surface area contributed by atoms with E-state index in [0.29, 0.717) is 17.3 Å². The Morgan fingerprint density at radius 3 is 2.70 bits per heavy atom. The van der Waals surface area contributed by atoms with Gasteiger partial charge in [0.05, 0.1) is 10.7 Å². The van der Waals surface area contributed by atoms with E-state index in [-0.39, 0.29) is 5.91 Å². The number of rotatable bonds is 4. The molecule has 0 fully saturated rings. The molecule has 2 aromatic rings. The highest BCUT2D eigenvalue weighted by molar-refractivity contribution is 6.34. The fraction of sp³-hybridized carbons (Fsp3) is 0.200. The molecule has 0 aliphatic rings. The van der Waals surface area contributed by atoms with Gasteiger partial charge in [-0.15, -0.1) is 0 Å². The number of nitrogens with zero attached hydrogens (tertiary/aromatic N) is 1. The predicted octanol–water partition coefficient (Wildman–Crippen LogP) is 3.61. The van der Waals surface area contributed by atoms with E-state index < -0.39 is 0 Å². The first-order valence-corrected chi connectivity index (χ1v) is 6.65. The summed E-state index contributed by atoms with van der Waals surface area (Å²) in [5.41, 5.74) is 3.60. The van der Waals surface area contributed by atoms with Crippen molar-refractivity contribution in [3.8, 4) is 0 Å². The maximum Gasteiger partial charge on any atom is 0.221 e. The van der Waals surface area contributed by atoms with Crippen LogP contribution in [0.4, 0.5) is 11.4 Å². The molecule has 1 amide bonds. The molecule has 0 atom stereocenters. The van der Waals surface area contributed by atoms with E-state index in [1.807, 2.05) is 31.3 Å². The van der Waals surface area contributed by atoms with Crippen LogP contribution in [0, 0.1) is 6.92 Å². The van der Waals surface area contributed by atoms with E-state index in [4.69, 9.17) is 11.6 Å². The molecule has 0 spiro atoms. The molecule has 0 saturated carbocycles. The molecular weight excluding hydrogens is 274 g/mol. The molecule has 4 nitrogen and oxygen atoms in total. The van der Waals surface area contributed by atoms with Crippen LogP contribution in [-0.2, 0) is 11.3 Å². The molecule has 0 aliphatic heterocycles. The number of pyridine rings is 1. The van der Waals surface area contributed by atoms with Gasteiger partial charge in [-0.25, -0.2) is 0 Å². The highest BCUT2D eigenvalue weighted by Gasteiger charge is 2.03. The minimum atomic E-state index is -0.140. The summed E-state index contributed by atoms with van der Waals surface area (Å²) in [7, 11) is 0. The van der Waals surface area contributed by atoms with Crippen molar-refractivity contribution in [3.63, 3.8) is 0 Å². The first-order valence-electron chi connectivity index (χ1n) is 6.27. The molecule has 1 aromatic heterocycles. The average molecular weight is 290 g/mol. The van der Waals surface area contributed by atoms with Crippen LogP contribution in [0.1, 0.15) is 18.2 Å². The summed E-state index contributed by atoms with van der Waals surface area (Å²) in [6.07, 6.45) is 1.84. The quantitative estimate of drug-likeness (QED) is 0.904. The van der Waals surface area contributed by atoms with Crippen molar-refractivity contribution in [2.45, 2.75) is 20.4 Å². The third-order valence-electron chi connectivity index (χ3n) is 2.75. The van der Waals surface area contributed by atoms with Crippen LogP contribution in [0.3, 0.4) is 0 Å². The molecule has 0 saturated heterocycles. The molecule has 2 N–H and O–H groups in total. The number of nitrogens with one attached hydrogen (secondary N) is 2. The highest BCUT2D eigenvalue weighted by atomic mass is 35.5. The summed E-state index contributed by atoms with van der Waals surface area (Å²) in [6, 6.07) is 9.44. The van der Waals surface area contributed by atoms with Crippen LogP contribution in [0.25, 0.3) is 0 Å². The molecule has 0 aliphatic carbocycles. The van der Waals surface area contributed by atoms with Crippen molar-refractivity contribution in [2.75, 3.05) is 10.6 Å². The number of carbonyl (C=O) groups excluding carboxylic acids is 1. The van der Waals surface area contributed by atoms with Gasteiger partial charge in [-0.2, -0.15) is 0 Å². The number of carbonyl (C=O) groups is 1. The van der Waals surface area contributed by atoms with Crippen molar-refractivity contribution < 1.29 is 4.79 Å². The Labute approximate surface area is 123 Å². The lowest BCUT2D eigenvalue weighted by Crippen LogP contribution is -2.06. The van der Waals surface area contributed by atoms with Gasteiger partial charge in [0.2, 0.25) is 5.91 Å². The lowest BCUT2D eigenvalue weighted by atomic mass is 10.2. The Hall–Kier alpha value is -2.07. The van der Waals surface area contributed by atoms with E-state index in [9.17, 15) is 4.79 Å². The van der Waals surface area contributed by atoms with Gasteiger partial charge in [-0.05, 0) is 36.8 Å². The zero-order valence-corrected chi connectivity index (χ0v) is 12.2. The van der Waals surface area contributed by atoms with Crippen molar-refractivity contribution >= 4 is 28.9 Å². The Morgan fingerprint density at radius 2 is 2.10 bits per heavy atom. The van der Waals surface area contributed by atoms with Crippen molar-refractivity contribution in [3.05, 3.63) is 52.8 Å². The molecule has 0 bridgehead atoms. The topological polar surface area (TPSA) is 54.0 Å². The first-order chi connectivity index (χ1) is 9.54. The van der Waals surface area contributed by atoms with Crippen LogP contribution < -0.4 is 10.6 Å². The summed E-state index contributed by atoms with van der Waals surface area (Å²) in [5.74, 6) is -0.140. The molecule has 5 heteroatoms. The van der Waals surface area contributed by atoms with Crippen LogP contribution in [-0.4, -0.2) is 10.9 Å². The summed E-state index contributed by atoms with van der Waals surface area (Å²) in [5, 5.41) is 6.44. The molecule has 2 rings (SSSR count). The standard InChI is InChI=1S/C15H16ClN3O/c1-10-3-4-12(8-17-10)9-18-13-5-6-15(14(16)7-13)19-11(2)20/h3-8,18H,9H2,1-2H3,(H,19,20). The fourth-order valence-corrected chi connectivity index (χ4v) is 1.95. The molecule has 1 aromatic carbocycles. The van der Waals surface area contributed by atoms with E-state index in [1.54, 1.807) is 12.1 Å². The Kier molecular flexibility index (Phi) is 4.58. The Morgan fingerprint density at radius 1 is 1.30 bits per heavy atom. The fourth-order valence-electron chi connectivity index (χ4n) is 1.72. The minimum absolute atomic E-state index is 0.140. The molecule has 0 radical (unpaired) electrons. The van der Waals surface area contributed by atoms with Gasteiger partial charge in [-0.3, -0.25) is 9.78 Å². The number of halogens is 1. The van der Waals surface area contributed by atoms with Gasteiger partial charge in [-0.1, -0.05) is 17.7 Å². The normalized spacial score (nSPS) is 10.2. The summed E-state index contributed by atoms with van der Waals surface area (Å²) in [4.78, 5) is 15.2. The number of hydrogen-bond acceptors (Lipinski definition) is 3. The maximum atomic E-state index is 11.0. The second-order valence-electron chi connectivity index (χ2n) is 4.54. The van der Waals surface area contributed by atoms with Crippen LogP contribution >= 0.6 is 11.6 Å². The first kappa shape index (κ1) is 14.3. The Balaban J connectivity index is 2.01.